The van der Waals surface area contributed by atoms with Crippen LogP contribution in [0.2, 0.25) is 0 Å². The molecule has 0 aromatic heterocycles. The smallest absolute Gasteiger partial charge is 0.314 e. The van der Waals surface area contributed by atoms with Gasteiger partial charge in [-0.3, -0.25) is 4.79 Å². The van der Waals surface area contributed by atoms with Crippen LogP contribution in [0.4, 0.5) is 0 Å². The average molecular weight is 218 g/mol. The summed E-state index contributed by atoms with van der Waals surface area (Å²) in [5.41, 5.74) is 2.04. The zero-order valence-electron chi connectivity index (χ0n) is 9.81. The van der Waals surface area contributed by atoms with E-state index in [1.807, 2.05) is 24.3 Å². The van der Waals surface area contributed by atoms with Crippen LogP contribution in [0.1, 0.15) is 43.2 Å². The molecule has 1 N–H and O–H groups in total. The van der Waals surface area contributed by atoms with Gasteiger partial charge in [-0.15, -0.1) is 6.58 Å². The van der Waals surface area contributed by atoms with Crippen LogP contribution in [0.15, 0.2) is 36.9 Å². The molecule has 0 radical (unpaired) electrons. The Morgan fingerprint density at radius 1 is 1.38 bits per heavy atom. The fourth-order valence-corrected chi connectivity index (χ4v) is 1.65. The van der Waals surface area contributed by atoms with E-state index >= 15 is 0 Å². The Hall–Kier alpha value is -1.57. The zero-order valence-corrected chi connectivity index (χ0v) is 9.81. The third-order valence-electron chi connectivity index (χ3n) is 2.98. The van der Waals surface area contributed by atoms with Gasteiger partial charge in [-0.2, -0.15) is 0 Å². The molecule has 1 aromatic carbocycles. The number of hydrogen-bond donors (Lipinski definition) is 1. The topological polar surface area (TPSA) is 37.3 Å². The van der Waals surface area contributed by atoms with Gasteiger partial charge in [-0.05, 0) is 23.5 Å². The average Bonchev–Trinajstić information content (AvgIpc) is 2.29. The molecule has 0 aliphatic rings. The molecular formula is C14H18O2. The fourth-order valence-electron chi connectivity index (χ4n) is 1.65. The van der Waals surface area contributed by atoms with Gasteiger partial charge in [-0.1, -0.05) is 44.2 Å². The second kappa shape index (κ2) is 5.50. The van der Waals surface area contributed by atoms with Crippen LogP contribution in [-0.2, 0) is 4.79 Å². The summed E-state index contributed by atoms with van der Waals surface area (Å²) >= 11 is 0. The molecule has 1 aromatic rings. The summed E-state index contributed by atoms with van der Waals surface area (Å²) in [6, 6.07) is 7.76. The zero-order chi connectivity index (χ0) is 12.1. The first-order valence-corrected chi connectivity index (χ1v) is 5.55. The van der Waals surface area contributed by atoms with E-state index in [4.69, 9.17) is 5.11 Å². The van der Waals surface area contributed by atoms with Gasteiger partial charge in [0.1, 0.15) is 0 Å². The number of benzene rings is 1. The first-order valence-electron chi connectivity index (χ1n) is 5.55. The van der Waals surface area contributed by atoms with Crippen LogP contribution in [0.25, 0.3) is 0 Å². The van der Waals surface area contributed by atoms with Crippen molar-refractivity contribution in [3.63, 3.8) is 0 Å². The molecule has 0 saturated carbocycles. The Morgan fingerprint density at radius 3 is 2.25 bits per heavy atom. The molecule has 1 rings (SSSR count). The molecule has 0 heterocycles. The lowest BCUT2D eigenvalue weighted by molar-refractivity contribution is -0.137. The SMILES string of the molecule is C=CC(C(=O)O)c1ccc(C(C)CC)cc1. The normalized spacial score (nSPS) is 14.1. The first-order chi connectivity index (χ1) is 7.60. The molecule has 86 valence electrons. The summed E-state index contributed by atoms with van der Waals surface area (Å²) in [6.07, 6.45) is 2.55. The number of carboxylic acid groups (broad SMARTS) is 1. The van der Waals surface area contributed by atoms with Crippen molar-refractivity contribution in [2.45, 2.75) is 32.1 Å². The van der Waals surface area contributed by atoms with Gasteiger partial charge in [0.2, 0.25) is 0 Å². The Balaban J connectivity index is 2.93. The van der Waals surface area contributed by atoms with E-state index in [0.717, 1.165) is 12.0 Å². The predicted molar refractivity (Wildman–Crippen MR) is 65.7 cm³/mol. The summed E-state index contributed by atoms with van der Waals surface area (Å²) in [7, 11) is 0. The minimum absolute atomic E-state index is 0.515. The Bertz CT molecular complexity index is 365. The maximum absolute atomic E-state index is 10.9. The minimum Gasteiger partial charge on any atom is -0.481 e. The highest BCUT2D eigenvalue weighted by atomic mass is 16.4. The van der Waals surface area contributed by atoms with E-state index in [2.05, 4.69) is 20.4 Å². The fraction of sp³-hybridized carbons (Fsp3) is 0.357. The molecule has 0 aliphatic carbocycles. The Labute approximate surface area is 96.6 Å². The lowest BCUT2D eigenvalue weighted by Gasteiger charge is -2.12. The Kier molecular flexibility index (Phi) is 4.29. The third-order valence-corrected chi connectivity index (χ3v) is 2.98. The van der Waals surface area contributed by atoms with Crippen LogP contribution in [0.5, 0.6) is 0 Å². The summed E-state index contributed by atoms with van der Waals surface area (Å²) in [6.45, 7) is 7.86. The number of rotatable bonds is 5. The quantitative estimate of drug-likeness (QED) is 0.767. The number of hydrogen-bond acceptors (Lipinski definition) is 1. The highest BCUT2D eigenvalue weighted by Gasteiger charge is 2.15. The lowest BCUT2D eigenvalue weighted by Crippen LogP contribution is -2.08. The standard InChI is InChI=1S/C14H18O2/c1-4-10(3)11-6-8-12(9-7-11)13(5-2)14(15)16/h5-10,13H,2,4H2,1,3H3,(H,15,16). The van der Waals surface area contributed by atoms with Gasteiger partial charge in [0.05, 0.1) is 5.92 Å². The molecule has 2 heteroatoms. The van der Waals surface area contributed by atoms with Crippen molar-refractivity contribution in [3.05, 3.63) is 48.0 Å². The Morgan fingerprint density at radius 2 is 1.88 bits per heavy atom. The molecule has 16 heavy (non-hydrogen) atoms. The minimum atomic E-state index is -0.855. The molecule has 2 atom stereocenters. The van der Waals surface area contributed by atoms with Crippen molar-refractivity contribution >= 4 is 5.97 Å². The predicted octanol–water partition coefficient (Wildman–Crippen LogP) is 3.55. The van der Waals surface area contributed by atoms with Crippen LogP contribution in [-0.4, -0.2) is 11.1 Å². The monoisotopic (exact) mass is 218 g/mol. The van der Waals surface area contributed by atoms with E-state index in [9.17, 15) is 4.79 Å². The number of carbonyl (C=O) groups is 1. The van der Waals surface area contributed by atoms with Crippen molar-refractivity contribution < 1.29 is 9.90 Å². The molecule has 0 aliphatic heterocycles. The van der Waals surface area contributed by atoms with Crippen LogP contribution in [0.3, 0.4) is 0 Å². The van der Waals surface area contributed by atoms with E-state index in [1.165, 1.54) is 11.6 Å². The molecule has 2 unspecified atom stereocenters. The van der Waals surface area contributed by atoms with Gasteiger partial charge < -0.3 is 5.11 Å². The molecular weight excluding hydrogens is 200 g/mol. The van der Waals surface area contributed by atoms with Crippen molar-refractivity contribution in [1.82, 2.24) is 0 Å². The molecule has 2 nitrogen and oxygen atoms in total. The summed E-state index contributed by atoms with van der Waals surface area (Å²) in [4.78, 5) is 10.9. The highest BCUT2D eigenvalue weighted by Crippen LogP contribution is 2.22. The van der Waals surface area contributed by atoms with Gasteiger partial charge in [0.25, 0.3) is 0 Å². The van der Waals surface area contributed by atoms with Crippen molar-refractivity contribution in [3.8, 4) is 0 Å². The van der Waals surface area contributed by atoms with Crippen LogP contribution < -0.4 is 0 Å². The molecule has 0 spiro atoms. The molecule has 0 fully saturated rings. The summed E-state index contributed by atoms with van der Waals surface area (Å²) in [5, 5.41) is 8.98. The second-order valence-corrected chi connectivity index (χ2v) is 4.03. The first kappa shape index (κ1) is 12.5. The maximum Gasteiger partial charge on any atom is 0.314 e. The van der Waals surface area contributed by atoms with Gasteiger partial charge >= 0.3 is 5.97 Å². The second-order valence-electron chi connectivity index (χ2n) is 4.03. The van der Waals surface area contributed by atoms with E-state index in [-0.39, 0.29) is 0 Å². The molecule has 0 saturated heterocycles. The van der Waals surface area contributed by atoms with E-state index in [1.54, 1.807) is 0 Å². The van der Waals surface area contributed by atoms with Gasteiger partial charge in [0.15, 0.2) is 0 Å². The lowest BCUT2D eigenvalue weighted by atomic mass is 9.93. The van der Waals surface area contributed by atoms with Crippen LogP contribution >= 0.6 is 0 Å². The van der Waals surface area contributed by atoms with E-state index < -0.39 is 11.9 Å². The number of carboxylic acids is 1. The van der Waals surface area contributed by atoms with Gasteiger partial charge in [0, 0.05) is 0 Å². The van der Waals surface area contributed by atoms with E-state index in [0.29, 0.717) is 5.92 Å². The van der Waals surface area contributed by atoms with Gasteiger partial charge in [-0.25, -0.2) is 0 Å². The van der Waals surface area contributed by atoms with Crippen molar-refractivity contribution in [1.29, 1.82) is 0 Å². The van der Waals surface area contributed by atoms with Crippen LogP contribution in [0, 0.1) is 0 Å². The van der Waals surface area contributed by atoms with Crippen molar-refractivity contribution in [2.24, 2.45) is 0 Å². The maximum atomic E-state index is 10.9. The van der Waals surface area contributed by atoms with Crippen molar-refractivity contribution in [2.75, 3.05) is 0 Å². The molecule has 0 bridgehead atoms. The largest absolute Gasteiger partial charge is 0.481 e. The summed E-state index contributed by atoms with van der Waals surface area (Å²) in [5.74, 6) is -0.946. The summed E-state index contributed by atoms with van der Waals surface area (Å²) < 4.78 is 0. The highest BCUT2D eigenvalue weighted by molar-refractivity contribution is 5.78. The third kappa shape index (κ3) is 2.72. The number of aliphatic carboxylic acids is 1. The molecule has 0 amide bonds.